The van der Waals surface area contributed by atoms with Gasteiger partial charge in [-0.3, -0.25) is 5.26 Å². The molecule has 2 atom stereocenters. The van der Waals surface area contributed by atoms with Crippen molar-refractivity contribution in [2.24, 2.45) is 0 Å². The van der Waals surface area contributed by atoms with Crippen molar-refractivity contribution in [2.75, 3.05) is 0 Å². The van der Waals surface area contributed by atoms with Crippen molar-refractivity contribution >= 4 is 7.12 Å². The lowest BCUT2D eigenvalue weighted by Gasteiger charge is -2.32. The predicted octanol–water partition coefficient (Wildman–Crippen LogP) is 2.90. The minimum absolute atomic E-state index is 0.0859. The van der Waals surface area contributed by atoms with Gasteiger partial charge in [0, 0.05) is 5.82 Å². The van der Waals surface area contributed by atoms with Crippen LogP contribution in [0.2, 0.25) is 5.82 Å². The molecule has 17 heavy (non-hydrogen) atoms. The summed E-state index contributed by atoms with van der Waals surface area (Å²) in [7, 11) is -0.381. The molecule has 0 aromatic carbocycles. The lowest BCUT2D eigenvalue weighted by molar-refractivity contribution is -0.266. The minimum atomic E-state index is -0.422. The highest BCUT2D eigenvalue weighted by atomic mass is 17.1. The molecule has 0 amide bonds. The second kappa shape index (κ2) is 5.10. The van der Waals surface area contributed by atoms with Gasteiger partial charge >= 0.3 is 7.12 Å². The molecule has 98 valence electrons. The Labute approximate surface area is 104 Å². The van der Waals surface area contributed by atoms with Crippen LogP contribution < -0.4 is 0 Å². The third kappa shape index (κ3) is 2.91. The fraction of sp³-hybridized carbons (Fsp3) is 0.833. The van der Waals surface area contributed by atoms with Crippen LogP contribution in [0, 0.1) is 0 Å². The standard InChI is InChI=1S/C12H23BO4/c1-7-8-10(15-14)9(2)13-16-11(3,4)12(5,6)17-13/h7-10,14H,1-6H3/b8-7+. The maximum Gasteiger partial charge on any atom is 0.464 e. The van der Waals surface area contributed by atoms with Crippen LogP contribution in [0.1, 0.15) is 41.5 Å². The third-order valence-corrected chi connectivity index (χ3v) is 3.72. The Bertz CT molecular complexity index is 272. The van der Waals surface area contributed by atoms with Gasteiger partial charge in [-0.2, -0.15) is 0 Å². The molecule has 1 rings (SSSR count). The van der Waals surface area contributed by atoms with Crippen LogP contribution in [0.15, 0.2) is 12.2 Å². The Morgan fingerprint density at radius 3 is 2.00 bits per heavy atom. The molecule has 1 saturated heterocycles. The minimum Gasteiger partial charge on any atom is -0.403 e. The van der Waals surface area contributed by atoms with E-state index in [9.17, 15) is 0 Å². The SMILES string of the molecule is C/C=C/C(OO)C(C)B1OC(C)(C)C(C)(C)O1. The van der Waals surface area contributed by atoms with Crippen molar-refractivity contribution in [3.63, 3.8) is 0 Å². The first-order valence-electron chi connectivity index (χ1n) is 6.04. The van der Waals surface area contributed by atoms with E-state index in [0.717, 1.165) is 0 Å². The summed E-state index contributed by atoms with van der Waals surface area (Å²) in [5, 5.41) is 8.89. The molecule has 1 heterocycles. The summed E-state index contributed by atoms with van der Waals surface area (Å²) >= 11 is 0. The summed E-state index contributed by atoms with van der Waals surface area (Å²) in [4.78, 5) is 4.45. The molecule has 4 nitrogen and oxygen atoms in total. The predicted molar refractivity (Wildman–Crippen MR) is 67.8 cm³/mol. The molecule has 5 heteroatoms. The van der Waals surface area contributed by atoms with E-state index in [1.807, 2.05) is 47.6 Å². The number of allylic oxidation sites excluding steroid dienone is 1. The highest BCUT2D eigenvalue weighted by Gasteiger charge is 2.54. The summed E-state index contributed by atoms with van der Waals surface area (Å²) in [5.41, 5.74) is -0.719. The van der Waals surface area contributed by atoms with Crippen LogP contribution in [0.4, 0.5) is 0 Å². The Kier molecular flexibility index (Phi) is 4.41. The second-order valence-electron chi connectivity index (χ2n) is 5.58. The van der Waals surface area contributed by atoms with Gasteiger partial charge in [-0.1, -0.05) is 19.1 Å². The number of hydrogen-bond acceptors (Lipinski definition) is 4. The first-order chi connectivity index (χ1) is 7.75. The van der Waals surface area contributed by atoms with Crippen molar-refractivity contribution in [3.8, 4) is 0 Å². The van der Waals surface area contributed by atoms with E-state index < -0.39 is 6.10 Å². The van der Waals surface area contributed by atoms with Gasteiger partial charge in [0.25, 0.3) is 0 Å². The fourth-order valence-electron chi connectivity index (χ4n) is 1.75. The van der Waals surface area contributed by atoms with Gasteiger partial charge in [-0.15, -0.1) is 0 Å². The Morgan fingerprint density at radius 1 is 1.18 bits per heavy atom. The Balaban J connectivity index is 2.76. The molecule has 1 aliphatic heterocycles. The number of rotatable bonds is 4. The van der Waals surface area contributed by atoms with Gasteiger partial charge in [0.15, 0.2) is 0 Å². The molecule has 1 fully saturated rings. The van der Waals surface area contributed by atoms with Crippen LogP contribution >= 0.6 is 0 Å². The molecule has 0 aliphatic carbocycles. The third-order valence-electron chi connectivity index (χ3n) is 3.72. The van der Waals surface area contributed by atoms with E-state index in [1.165, 1.54) is 0 Å². The van der Waals surface area contributed by atoms with E-state index >= 15 is 0 Å². The molecule has 0 bridgehead atoms. The zero-order valence-electron chi connectivity index (χ0n) is 11.6. The monoisotopic (exact) mass is 242 g/mol. The van der Waals surface area contributed by atoms with Crippen molar-refractivity contribution < 1.29 is 19.5 Å². The second-order valence-corrected chi connectivity index (χ2v) is 5.58. The smallest absolute Gasteiger partial charge is 0.403 e. The maximum absolute atomic E-state index is 8.89. The topological polar surface area (TPSA) is 47.9 Å². The van der Waals surface area contributed by atoms with E-state index in [-0.39, 0.29) is 24.1 Å². The van der Waals surface area contributed by atoms with Gasteiger partial charge in [0.05, 0.1) is 11.2 Å². The van der Waals surface area contributed by atoms with Crippen LogP contribution in [0.25, 0.3) is 0 Å². The Hall–Kier alpha value is -0.355. The number of hydrogen-bond donors (Lipinski definition) is 1. The molecule has 0 spiro atoms. The molecular formula is C12H23BO4. The molecular weight excluding hydrogens is 219 g/mol. The first-order valence-corrected chi connectivity index (χ1v) is 6.04. The van der Waals surface area contributed by atoms with Crippen LogP contribution in [0.3, 0.4) is 0 Å². The molecule has 2 unspecified atom stereocenters. The largest absolute Gasteiger partial charge is 0.464 e. The van der Waals surface area contributed by atoms with Gasteiger partial charge < -0.3 is 9.31 Å². The van der Waals surface area contributed by atoms with Crippen molar-refractivity contribution in [1.29, 1.82) is 0 Å². The highest BCUT2D eigenvalue weighted by Crippen LogP contribution is 2.40. The summed E-state index contributed by atoms with van der Waals surface area (Å²) in [6, 6.07) is 0. The van der Waals surface area contributed by atoms with Gasteiger partial charge in [0.2, 0.25) is 0 Å². The van der Waals surface area contributed by atoms with Crippen molar-refractivity contribution in [1.82, 2.24) is 0 Å². The van der Waals surface area contributed by atoms with E-state index in [1.54, 1.807) is 6.08 Å². The van der Waals surface area contributed by atoms with Crippen LogP contribution in [-0.4, -0.2) is 29.7 Å². The van der Waals surface area contributed by atoms with Crippen LogP contribution in [-0.2, 0) is 14.2 Å². The van der Waals surface area contributed by atoms with Gasteiger partial charge in [0.1, 0.15) is 6.10 Å². The molecule has 1 N–H and O–H groups in total. The quantitative estimate of drug-likeness (QED) is 0.356. The summed E-state index contributed by atoms with van der Waals surface area (Å²) in [6.07, 6.45) is 3.20. The van der Waals surface area contributed by atoms with Gasteiger partial charge in [-0.05, 0) is 34.6 Å². The highest BCUT2D eigenvalue weighted by molar-refractivity contribution is 6.47. The van der Waals surface area contributed by atoms with Crippen LogP contribution in [0.5, 0.6) is 0 Å². The Morgan fingerprint density at radius 2 is 1.65 bits per heavy atom. The average Bonchev–Trinajstić information content (AvgIpc) is 2.44. The lowest BCUT2D eigenvalue weighted by Crippen LogP contribution is -2.41. The van der Waals surface area contributed by atoms with E-state index in [0.29, 0.717) is 0 Å². The van der Waals surface area contributed by atoms with E-state index in [4.69, 9.17) is 14.6 Å². The average molecular weight is 242 g/mol. The molecule has 0 saturated carbocycles. The van der Waals surface area contributed by atoms with Crippen molar-refractivity contribution in [2.45, 2.75) is 64.7 Å². The zero-order chi connectivity index (χ0) is 13.3. The molecule has 0 aromatic heterocycles. The molecule has 0 radical (unpaired) electrons. The van der Waals surface area contributed by atoms with Gasteiger partial charge in [-0.25, -0.2) is 4.89 Å². The molecule has 0 aromatic rings. The van der Waals surface area contributed by atoms with E-state index in [2.05, 4.69) is 4.89 Å². The summed E-state index contributed by atoms with van der Waals surface area (Å²) < 4.78 is 11.8. The lowest BCUT2D eigenvalue weighted by atomic mass is 9.70. The summed E-state index contributed by atoms with van der Waals surface area (Å²) in [5.74, 6) is -0.0859. The molecule has 1 aliphatic rings. The zero-order valence-corrected chi connectivity index (χ0v) is 11.6. The first kappa shape index (κ1) is 14.7. The fourth-order valence-corrected chi connectivity index (χ4v) is 1.75. The maximum atomic E-state index is 8.89. The van der Waals surface area contributed by atoms with Crippen molar-refractivity contribution in [3.05, 3.63) is 12.2 Å². The normalized spacial score (nSPS) is 26.4. The summed E-state index contributed by atoms with van der Waals surface area (Å²) in [6.45, 7) is 11.8.